The summed E-state index contributed by atoms with van der Waals surface area (Å²) in [6.07, 6.45) is -5.10. The minimum Gasteiger partial charge on any atom is -0.481 e. The fraction of sp³-hybridized carbons (Fsp3) is 0.368. The highest BCUT2D eigenvalue weighted by Crippen LogP contribution is 2.29. The Morgan fingerprint density at radius 1 is 1.11 bits per heavy atom. The number of carbonyl (C=O) groups excluding carboxylic acids is 1. The average molecular weight is 382 g/mol. The van der Waals surface area contributed by atoms with E-state index in [-0.39, 0.29) is 5.41 Å². The van der Waals surface area contributed by atoms with Gasteiger partial charge in [-0.15, -0.1) is 0 Å². The molecular formula is C19H21F3N2O3. The number of amides is 1. The Balaban J connectivity index is 2.09. The first-order valence-electron chi connectivity index (χ1n) is 8.26. The molecule has 0 bridgehead atoms. The molecule has 0 aliphatic heterocycles. The van der Waals surface area contributed by atoms with E-state index in [2.05, 4.69) is 26.1 Å². The maximum atomic E-state index is 12.7. The minimum absolute atomic E-state index is 0.0357. The minimum atomic E-state index is -4.64. The third kappa shape index (κ3) is 5.35. The summed E-state index contributed by atoms with van der Waals surface area (Å²) >= 11 is 0. The van der Waals surface area contributed by atoms with Crippen molar-refractivity contribution in [1.82, 2.24) is 4.98 Å². The van der Waals surface area contributed by atoms with Gasteiger partial charge in [0, 0.05) is 6.20 Å². The molecule has 2 aromatic rings. The van der Waals surface area contributed by atoms with Crippen molar-refractivity contribution >= 4 is 11.6 Å². The normalized spacial score (nSPS) is 13.1. The highest BCUT2D eigenvalue weighted by Gasteiger charge is 2.31. The summed E-state index contributed by atoms with van der Waals surface area (Å²) < 4.78 is 43.7. The van der Waals surface area contributed by atoms with Crippen LogP contribution in [0, 0.1) is 0 Å². The molecule has 0 aliphatic rings. The van der Waals surface area contributed by atoms with Gasteiger partial charge in [0.2, 0.25) is 0 Å². The lowest BCUT2D eigenvalue weighted by molar-refractivity contribution is -0.137. The predicted octanol–water partition coefficient (Wildman–Crippen LogP) is 4.10. The van der Waals surface area contributed by atoms with Crippen LogP contribution >= 0.6 is 0 Å². The molecule has 1 atom stereocenters. The predicted molar refractivity (Wildman–Crippen MR) is 95.9 cm³/mol. The fourth-order valence-electron chi connectivity index (χ4n) is 2.27. The monoisotopic (exact) mass is 382 g/mol. The Morgan fingerprint density at radius 2 is 1.70 bits per heavy atom. The van der Waals surface area contributed by atoms with E-state index in [4.69, 9.17) is 4.74 Å². The van der Waals surface area contributed by atoms with Crippen LogP contribution in [0.4, 0.5) is 18.9 Å². The van der Waals surface area contributed by atoms with Crippen molar-refractivity contribution in [1.29, 1.82) is 0 Å². The Bertz CT molecular complexity index is 865. The Morgan fingerprint density at radius 3 is 2.22 bits per heavy atom. The SMILES string of the molecule is CC(Oc1ccc(C(C)(C)C)cc1)C(=O)Nc1cc(C(F)(F)F)c[nH]c1=O. The third-order valence-electron chi connectivity index (χ3n) is 3.89. The van der Waals surface area contributed by atoms with Gasteiger partial charge in [0.15, 0.2) is 6.10 Å². The molecule has 8 heteroatoms. The number of pyridine rings is 1. The van der Waals surface area contributed by atoms with E-state index >= 15 is 0 Å². The number of aromatic nitrogens is 1. The van der Waals surface area contributed by atoms with Gasteiger partial charge in [0.25, 0.3) is 11.5 Å². The van der Waals surface area contributed by atoms with E-state index in [0.29, 0.717) is 18.0 Å². The number of nitrogens with one attached hydrogen (secondary N) is 2. The molecule has 0 aliphatic carbocycles. The average Bonchev–Trinajstić information content (AvgIpc) is 2.55. The van der Waals surface area contributed by atoms with Crippen molar-refractivity contribution < 1.29 is 22.7 Å². The van der Waals surface area contributed by atoms with Crippen LogP contribution in [0.5, 0.6) is 5.75 Å². The number of anilines is 1. The van der Waals surface area contributed by atoms with Gasteiger partial charge in [0.05, 0.1) is 5.56 Å². The Labute approximate surface area is 154 Å². The molecule has 0 spiro atoms. The molecule has 0 fully saturated rings. The van der Waals surface area contributed by atoms with Crippen molar-refractivity contribution in [2.24, 2.45) is 0 Å². The lowest BCUT2D eigenvalue weighted by atomic mass is 9.87. The summed E-state index contributed by atoms with van der Waals surface area (Å²) in [7, 11) is 0. The van der Waals surface area contributed by atoms with E-state index in [1.54, 1.807) is 12.1 Å². The van der Waals surface area contributed by atoms with Gasteiger partial charge in [-0.2, -0.15) is 13.2 Å². The molecule has 0 saturated carbocycles. The van der Waals surface area contributed by atoms with Gasteiger partial charge >= 0.3 is 6.18 Å². The number of benzene rings is 1. The molecule has 1 unspecified atom stereocenters. The van der Waals surface area contributed by atoms with Crippen LogP contribution in [-0.2, 0) is 16.4 Å². The summed E-state index contributed by atoms with van der Waals surface area (Å²) in [6.45, 7) is 7.62. The van der Waals surface area contributed by atoms with E-state index in [9.17, 15) is 22.8 Å². The third-order valence-corrected chi connectivity index (χ3v) is 3.89. The van der Waals surface area contributed by atoms with Crippen LogP contribution in [0.3, 0.4) is 0 Å². The van der Waals surface area contributed by atoms with Crippen LogP contribution in [0.25, 0.3) is 0 Å². The zero-order chi connectivity index (χ0) is 20.4. The molecule has 146 valence electrons. The van der Waals surface area contributed by atoms with E-state index in [1.807, 2.05) is 17.1 Å². The number of alkyl halides is 3. The summed E-state index contributed by atoms with van der Waals surface area (Å²) in [4.78, 5) is 25.8. The number of hydrogen-bond acceptors (Lipinski definition) is 3. The van der Waals surface area contributed by atoms with Crippen molar-refractivity contribution in [2.45, 2.75) is 45.4 Å². The highest BCUT2D eigenvalue weighted by molar-refractivity contribution is 5.94. The van der Waals surface area contributed by atoms with Crippen LogP contribution in [0.15, 0.2) is 41.3 Å². The van der Waals surface area contributed by atoms with Gasteiger partial charge in [-0.3, -0.25) is 9.59 Å². The van der Waals surface area contributed by atoms with Gasteiger partial charge < -0.3 is 15.0 Å². The molecule has 1 aromatic carbocycles. The smallest absolute Gasteiger partial charge is 0.417 e. The molecule has 0 saturated heterocycles. The molecule has 1 heterocycles. The Kier molecular flexibility index (Phi) is 5.67. The topological polar surface area (TPSA) is 71.2 Å². The summed E-state index contributed by atoms with van der Waals surface area (Å²) in [5, 5.41) is 2.17. The molecule has 2 rings (SSSR count). The molecule has 1 amide bonds. The van der Waals surface area contributed by atoms with Crippen LogP contribution in [-0.4, -0.2) is 17.0 Å². The maximum absolute atomic E-state index is 12.7. The number of carbonyl (C=O) groups is 1. The number of ether oxygens (including phenoxy) is 1. The van der Waals surface area contributed by atoms with Crippen molar-refractivity contribution in [3.8, 4) is 5.75 Å². The lowest BCUT2D eigenvalue weighted by Gasteiger charge is -2.20. The van der Waals surface area contributed by atoms with Gasteiger partial charge in [-0.25, -0.2) is 0 Å². The van der Waals surface area contributed by atoms with Crippen LogP contribution in [0.1, 0.15) is 38.8 Å². The van der Waals surface area contributed by atoms with Crippen molar-refractivity contribution in [3.63, 3.8) is 0 Å². The lowest BCUT2D eigenvalue weighted by Crippen LogP contribution is -2.32. The zero-order valence-electron chi connectivity index (χ0n) is 15.4. The summed E-state index contributed by atoms with van der Waals surface area (Å²) in [6, 6.07) is 7.75. The standard InChI is InChI=1S/C19H21F3N2O3/c1-11(27-14-7-5-12(6-8-14)18(2,3)4)16(25)24-15-9-13(19(20,21)22)10-23-17(15)26/h5-11H,1-4H3,(H,23,26)(H,24,25). The van der Waals surface area contributed by atoms with E-state index in [1.165, 1.54) is 6.92 Å². The second kappa shape index (κ2) is 7.46. The van der Waals surface area contributed by atoms with Crippen LogP contribution in [0.2, 0.25) is 0 Å². The number of H-pyrrole nitrogens is 1. The molecule has 5 nitrogen and oxygen atoms in total. The van der Waals surface area contributed by atoms with Gasteiger partial charge in [0.1, 0.15) is 11.4 Å². The molecule has 27 heavy (non-hydrogen) atoms. The maximum Gasteiger partial charge on any atom is 0.417 e. The molecule has 0 radical (unpaired) electrons. The fourth-order valence-corrected chi connectivity index (χ4v) is 2.27. The summed E-state index contributed by atoms with van der Waals surface area (Å²) in [5.41, 5.74) is -1.34. The van der Waals surface area contributed by atoms with Gasteiger partial charge in [-0.05, 0) is 36.1 Å². The van der Waals surface area contributed by atoms with Crippen molar-refractivity contribution in [3.05, 3.63) is 58.0 Å². The molecular weight excluding hydrogens is 361 g/mol. The highest BCUT2D eigenvalue weighted by atomic mass is 19.4. The van der Waals surface area contributed by atoms with Gasteiger partial charge in [-0.1, -0.05) is 32.9 Å². The molecule has 1 aromatic heterocycles. The second-order valence-corrected chi connectivity index (χ2v) is 7.15. The largest absolute Gasteiger partial charge is 0.481 e. The summed E-state index contributed by atoms with van der Waals surface area (Å²) in [5.74, 6) is -0.302. The van der Waals surface area contributed by atoms with Crippen molar-refractivity contribution in [2.75, 3.05) is 5.32 Å². The number of halogens is 3. The molecule has 2 N–H and O–H groups in total. The first-order valence-corrected chi connectivity index (χ1v) is 8.26. The van der Waals surface area contributed by atoms with E-state index in [0.717, 1.165) is 5.56 Å². The zero-order valence-corrected chi connectivity index (χ0v) is 15.4. The van der Waals surface area contributed by atoms with E-state index < -0.39 is 35.0 Å². The quantitative estimate of drug-likeness (QED) is 0.836. The number of hydrogen-bond donors (Lipinski definition) is 2. The number of rotatable bonds is 4. The number of aromatic amines is 1. The first kappa shape index (κ1) is 20.5. The second-order valence-electron chi connectivity index (χ2n) is 7.15. The first-order chi connectivity index (χ1) is 12.4. The Hall–Kier alpha value is -2.77. The van der Waals surface area contributed by atoms with Crippen LogP contribution < -0.4 is 15.6 Å².